The molecule has 0 fully saturated rings. The molecule has 26 heavy (non-hydrogen) atoms. The molecule has 7 nitrogen and oxygen atoms in total. The summed E-state index contributed by atoms with van der Waals surface area (Å²) in [6.45, 7) is 0. The number of aliphatic imine (C=N–C) groups is 1. The van der Waals surface area contributed by atoms with Gasteiger partial charge < -0.3 is 16.8 Å². The topological polar surface area (TPSA) is 122 Å². The zero-order valence-corrected chi connectivity index (χ0v) is 15.0. The van der Waals surface area contributed by atoms with Crippen LogP contribution in [0.1, 0.15) is 10.5 Å². The van der Waals surface area contributed by atoms with Gasteiger partial charge in [-0.2, -0.15) is 5.10 Å². The Morgan fingerprint density at radius 2 is 1.85 bits per heavy atom. The number of benzene rings is 2. The largest absolute Gasteiger partial charge is 0.370 e. The Kier molecular flexibility index (Phi) is 6.21. The van der Waals surface area contributed by atoms with Crippen LogP contribution in [-0.2, 0) is 0 Å². The van der Waals surface area contributed by atoms with E-state index in [0.29, 0.717) is 27.8 Å². The number of nitrogens with one attached hydrogen (secondary N) is 2. The maximum Gasteiger partial charge on any atom is 0.273 e. The molecule has 0 saturated heterocycles. The lowest BCUT2D eigenvalue weighted by Gasteiger charge is -2.03. The van der Waals surface area contributed by atoms with E-state index in [1.807, 2.05) is 12.1 Å². The molecule has 0 aliphatic rings. The Hall–Kier alpha value is -3.03. The maximum atomic E-state index is 12.3. The van der Waals surface area contributed by atoms with E-state index in [1.165, 1.54) is 0 Å². The number of carbonyl (C=O) groups is 1. The van der Waals surface area contributed by atoms with Crippen LogP contribution in [0.15, 0.2) is 59.6 Å². The number of aromatic nitrogens is 2. The third-order valence-corrected chi connectivity index (χ3v) is 3.56. The maximum absolute atomic E-state index is 12.3. The molecule has 0 saturated carbocycles. The lowest BCUT2D eigenvalue weighted by Crippen LogP contribution is -2.21. The molecule has 2 aromatic carbocycles. The second kappa shape index (κ2) is 8.37. The number of hydrogen-bond acceptors (Lipinski definition) is 3. The Morgan fingerprint density at radius 3 is 2.50 bits per heavy atom. The second-order valence-corrected chi connectivity index (χ2v) is 5.65. The molecule has 0 atom stereocenters. The first-order valence-corrected chi connectivity index (χ1v) is 7.71. The van der Waals surface area contributed by atoms with Gasteiger partial charge in [-0.3, -0.25) is 9.89 Å². The van der Waals surface area contributed by atoms with Crippen molar-refractivity contribution in [2.75, 3.05) is 5.32 Å². The summed E-state index contributed by atoms with van der Waals surface area (Å²) in [7, 11) is 0. The monoisotopic (exact) mass is 390 g/mol. The Balaban J connectivity index is 0.00000243. The van der Waals surface area contributed by atoms with Gasteiger partial charge >= 0.3 is 0 Å². The fourth-order valence-electron chi connectivity index (χ4n) is 2.21. The minimum atomic E-state index is -0.307. The van der Waals surface area contributed by atoms with E-state index in [1.54, 1.807) is 42.5 Å². The van der Waals surface area contributed by atoms with Crippen molar-refractivity contribution in [1.29, 1.82) is 0 Å². The second-order valence-electron chi connectivity index (χ2n) is 5.21. The Morgan fingerprint density at radius 1 is 1.12 bits per heavy atom. The molecule has 134 valence electrons. The van der Waals surface area contributed by atoms with Crippen LogP contribution in [-0.4, -0.2) is 22.1 Å². The molecule has 0 unspecified atom stereocenters. The van der Waals surface area contributed by atoms with Gasteiger partial charge in [-0.1, -0.05) is 29.8 Å². The van der Waals surface area contributed by atoms with Gasteiger partial charge in [-0.05, 0) is 36.4 Å². The molecule has 9 heteroatoms. The van der Waals surface area contributed by atoms with Gasteiger partial charge in [-0.25, -0.2) is 4.99 Å². The third-order valence-electron chi connectivity index (χ3n) is 3.33. The van der Waals surface area contributed by atoms with E-state index in [9.17, 15) is 4.79 Å². The minimum absolute atomic E-state index is 0. The highest BCUT2D eigenvalue weighted by Gasteiger charge is 2.11. The Labute approximate surface area is 160 Å². The van der Waals surface area contributed by atoms with Crippen molar-refractivity contribution in [2.45, 2.75) is 0 Å². The lowest BCUT2D eigenvalue weighted by molar-refractivity contribution is 0.102. The molecule has 3 aromatic rings. The first kappa shape index (κ1) is 19.3. The van der Waals surface area contributed by atoms with Crippen molar-refractivity contribution in [3.05, 3.63) is 65.3 Å². The predicted molar refractivity (Wildman–Crippen MR) is 106 cm³/mol. The van der Waals surface area contributed by atoms with Crippen LogP contribution in [0, 0.1) is 0 Å². The summed E-state index contributed by atoms with van der Waals surface area (Å²) in [6, 6.07) is 15.7. The SMILES string of the molecule is Cl.NC(N)=Nc1ccc(-c2cc(C(=O)Nc3cccc(Cl)c3)[nH]n2)cc1. The van der Waals surface area contributed by atoms with Gasteiger partial charge in [0, 0.05) is 16.3 Å². The number of amides is 1. The molecule has 0 radical (unpaired) electrons. The van der Waals surface area contributed by atoms with Gasteiger partial charge in [-0.15, -0.1) is 12.4 Å². The van der Waals surface area contributed by atoms with Crippen LogP contribution in [0.4, 0.5) is 11.4 Å². The number of carbonyl (C=O) groups excluding carboxylic acids is 1. The van der Waals surface area contributed by atoms with Crippen molar-refractivity contribution in [2.24, 2.45) is 16.5 Å². The van der Waals surface area contributed by atoms with E-state index in [4.69, 9.17) is 23.1 Å². The normalized spacial score (nSPS) is 9.88. The number of halogens is 2. The molecule has 0 spiro atoms. The summed E-state index contributed by atoms with van der Waals surface area (Å²) in [5, 5.41) is 10.2. The van der Waals surface area contributed by atoms with E-state index in [2.05, 4.69) is 20.5 Å². The first-order chi connectivity index (χ1) is 12.0. The van der Waals surface area contributed by atoms with E-state index < -0.39 is 0 Å². The van der Waals surface area contributed by atoms with Crippen molar-refractivity contribution in [3.63, 3.8) is 0 Å². The molecule has 1 heterocycles. The number of aromatic amines is 1. The Bertz CT molecular complexity index is 932. The van der Waals surface area contributed by atoms with Gasteiger partial charge in [0.05, 0.1) is 11.4 Å². The number of rotatable bonds is 4. The van der Waals surface area contributed by atoms with Crippen LogP contribution in [0.25, 0.3) is 11.3 Å². The number of nitrogens with two attached hydrogens (primary N) is 2. The number of nitrogens with zero attached hydrogens (tertiary/aromatic N) is 2. The minimum Gasteiger partial charge on any atom is -0.370 e. The summed E-state index contributed by atoms with van der Waals surface area (Å²) in [6.07, 6.45) is 0. The average molecular weight is 391 g/mol. The van der Waals surface area contributed by atoms with Crippen LogP contribution in [0.3, 0.4) is 0 Å². The van der Waals surface area contributed by atoms with Crippen LogP contribution in [0.2, 0.25) is 5.02 Å². The summed E-state index contributed by atoms with van der Waals surface area (Å²) >= 11 is 5.91. The fourth-order valence-corrected chi connectivity index (χ4v) is 2.40. The molecule has 3 rings (SSSR count). The zero-order chi connectivity index (χ0) is 17.8. The van der Waals surface area contributed by atoms with E-state index in [-0.39, 0.29) is 24.3 Å². The van der Waals surface area contributed by atoms with Crippen molar-refractivity contribution < 1.29 is 4.79 Å². The standard InChI is InChI=1S/C17H15ClN6O.ClH/c18-11-2-1-3-13(8-11)21-16(25)15-9-14(23-24-15)10-4-6-12(7-5-10)22-17(19)20;/h1-9H,(H,21,25)(H,23,24)(H4,19,20,22);1H. The smallest absolute Gasteiger partial charge is 0.273 e. The highest BCUT2D eigenvalue weighted by Crippen LogP contribution is 2.22. The lowest BCUT2D eigenvalue weighted by atomic mass is 10.1. The van der Waals surface area contributed by atoms with E-state index >= 15 is 0 Å². The number of hydrogen-bond donors (Lipinski definition) is 4. The van der Waals surface area contributed by atoms with Crippen molar-refractivity contribution >= 4 is 47.2 Å². The predicted octanol–water partition coefficient (Wildman–Crippen LogP) is 3.31. The molecule has 1 aromatic heterocycles. The highest BCUT2D eigenvalue weighted by atomic mass is 35.5. The van der Waals surface area contributed by atoms with E-state index in [0.717, 1.165) is 5.56 Å². The average Bonchev–Trinajstić information content (AvgIpc) is 3.05. The van der Waals surface area contributed by atoms with Gasteiger partial charge in [0.15, 0.2) is 5.96 Å². The molecular weight excluding hydrogens is 375 g/mol. The molecular formula is C17H16Cl2N6O. The quantitative estimate of drug-likeness (QED) is 0.403. The van der Waals surface area contributed by atoms with Crippen LogP contribution in [0.5, 0.6) is 0 Å². The van der Waals surface area contributed by atoms with Gasteiger partial charge in [0.1, 0.15) is 5.69 Å². The van der Waals surface area contributed by atoms with Crippen LogP contribution >= 0.6 is 24.0 Å². The molecule has 0 aliphatic heterocycles. The third kappa shape index (κ3) is 4.75. The van der Waals surface area contributed by atoms with Crippen LogP contribution < -0.4 is 16.8 Å². The molecule has 1 amide bonds. The van der Waals surface area contributed by atoms with Gasteiger partial charge in [0.2, 0.25) is 0 Å². The number of anilines is 1. The van der Waals surface area contributed by atoms with Gasteiger partial charge in [0.25, 0.3) is 5.91 Å². The summed E-state index contributed by atoms with van der Waals surface area (Å²) in [5.74, 6) is -0.314. The van der Waals surface area contributed by atoms with Crippen molar-refractivity contribution in [1.82, 2.24) is 10.2 Å². The highest BCUT2D eigenvalue weighted by molar-refractivity contribution is 6.30. The summed E-state index contributed by atoms with van der Waals surface area (Å²) in [5.41, 5.74) is 13.7. The zero-order valence-electron chi connectivity index (χ0n) is 13.4. The molecule has 0 aliphatic carbocycles. The first-order valence-electron chi connectivity index (χ1n) is 7.33. The summed E-state index contributed by atoms with van der Waals surface area (Å²) < 4.78 is 0. The number of guanidine groups is 1. The van der Waals surface area contributed by atoms with Crippen molar-refractivity contribution in [3.8, 4) is 11.3 Å². The molecule has 0 bridgehead atoms. The number of H-pyrrole nitrogens is 1. The summed E-state index contributed by atoms with van der Waals surface area (Å²) in [4.78, 5) is 16.2. The fraction of sp³-hybridized carbons (Fsp3) is 0. The molecule has 6 N–H and O–H groups in total.